The third-order valence-electron chi connectivity index (χ3n) is 4.19. The number of para-hydroxylation sites is 1. The number of hydrogen-bond acceptors (Lipinski definition) is 4. The highest BCUT2D eigenvalue weighted by Gasteiger charge is 2.22. The van der Waals surface area contributed by atoms with Gasteiger partial charge in [-0.1, -0.05) is 25.1 Å². The summed E-state index contributed by atoms with van der Waals surface area (Å²) in [7, 11) is -3.53. The van der Waals surface area contributed by atoms with Gasteiger partial charge in [-0.05, 0) is 48.7 Å². The molecule has 2 aromatic carbocycles. The Morgan fingerprint density at radius 2 is 1.85 bits per heavy atom. The zero-order valence-electron chi connectivity index (χ0n) is 15.7. The zero-order valence-corrected chi connectivity index (χ0v) is 16.5. The highest BCUT2D eigenvalue weighted by molar-refractivity contribution is 7.92. The number of carbonyl (C=O) groups is 1. The van der Waals surface area contributed by atoms with Gasteiger partial charge in [-0.2, -0.15) is 5.26 Å². The third-order valence-corrected chi connectivity index (χ3v) is 5.36. The predicted molar refractivity (Wildman–Crippen MR) is 107 cm³/mol. The Morgan fingerprint density at radius 1 is 1.19 bits per heavy atom. The molecule has 2 rings (SSSR count). The summed E-state index contributed by atoms with van der Waals surface area (Å²) in [5, 5.41) is 11.5. The van der Waals surface area contributed by atoms with Gasteiger partial charge in [0.1, 0.15) is 0 Å². The van der Waals surface area contributed by atoms with Gasteiger partial charge in [-0.25, -0.2) is 8.42 Å². The molecule has 0 heterocycles. The van der Waals surface area contributed by atoms with Gasteiger partial charge in [-0.15, -0.1) is 0 Å². The van der Waals surface area contributed by atoms with Gasteiger partial charge < -0.3 is 5.32 Å². The van der Waals surface area contributed by atoms with Crippen molar-refractivity contribution in [3.05, 3.63) is 59.2 Å². The molecule has 0 saturated heterocycles. The van der Waals surface area contributed by atoms with Crippen LogP contribution in [0.1, 0.15) is 30.0 Å². The maximum Gasteiger partial charge on any atom is 0.232 e. The number of nitrogens with one attached hydrogen (secondary N) is 1. The minimum Gasteiger partial charge on any atom is -0.326 e. The maximum atomic E-state index is 12.4. The first kappa shape index (κ1) is 20.5. The number of hydrogen-bond donors (Lipinski definition) is 1. The average Bonchev–Trinajstić information content (AvgIpc) is 2.62. The fourth-order valence-electron chi connectivity index (χ4n) is 2.86. The van der Waals surface area contributed by atoms with Gasteiger partial charge in [-0.3, -0.25) is 9.10 Å². The summed E-state index contributed by atoms with van der Waals surface area (Å²) in [4.78, 5) is 12.3. The van der Waals surface area contributed by atoms with E-state index in [9.17, 15) is 13.2 Å². The number of rotatable bonds is 7. The first-order valence-corrected chi connectivity index (χ1v) is 10.5. The SMILES string of the molecule is CCc1cccc(C)c1N(CCC(=O)Nc1ccc(C#N)cc1)S(C)(=O)=O. The van der Waals surface area contributed by atoms with Crippen molar-refractivity contribution in [3.63, 3.8) is 0 Å². The summed E-state index contributed by atoms with van der Waals surface area (Å²) in [6.45, 7) is 3.89. The van der Waals surface area contributed by atoms with Crippen molar-refractivity contribution in [3.8, 4) is 6.07 Å². The molecule has 0 fully saturated rings. The predicted octanol–water partition coefficient (Wildman–Crippen LogP) is 3.22. The highest BCUT2D eigenvalue weighted by atomic mass is 32.2. The van der Waals surface area contributed by atoms with Crippen LogP contribution in [-0.4, -0.2) is 27.1 Å². The van der Waals surface area contributed by atoms with Crippen molar-refractivity contribution in [1.82, 2.24) is 0 Å². The molecule has 0 saturated carbocycles. The Kier molecular flexibility index (Phi) is 6.59. The van der Waals surface area contributed by atoms with E-state index in [0.717, 1.165) is 17.4 Å². The number of anilines is 2. The van der Waals surface area contributed by atoms with E-state index >= 15 is 0 Å². The van der Waals surface area contributed by atoms with E-state index in [1.54, 1.807) is 24.3 Å². The Balaban J connectivity index is 2.16. The lowest BCUT2D eigenvalue weighted by molar-refractivity contribution is -0.116. The first-order chi connectivity index (χ1) is 12.8. The van der Waals surface area contributed by atoms with Gasteiger partial charge in [0.25, 0.3) is 0 Å². The maximum absolute atomic E-state index is 12.4. The highest BCUT2D eigenvalue weighted by Crippen LogP contribution is 2.28. The molecule has 0 atom stereocenters. The molecule has 0 spiro atoms. The lowest BCUT2D eigenvalue weighted by Gasteiger charge is -2.26. The van der Waals surface area contributed by atoms with Gasteiger partial charge >= 0.3 is 0 Å². The van der Waals surface area contributed by atoms with Crippen LogP contribution in [0.5, 0.6) is 0 Å². The first-order valence-electron chi connectivity index (χ1n) is 8.62. The van der Waals surface area contributed by atoms with E-state index in [2.05, 4.69) is 5.32 Å². The summed E-state index contributed by atoms with van der Waals surface area (Å²) >= 11 is 0. The second kappa shape index (κ2) is 8.69. The third kappa shape index (κ3) is 5.31. The number of benzene rings is 2. The quantitative estimate of drug-likeness (QED) is 0.792. The molecule has 0 radical (unpaired) electrons. The molecule has 0 aliphatic rings. The van der Waals surface area contributed by atoms with Crippen LogP contribution in [0.15, 0.2) is 42.5 Å². The lowest BCUT2D eigenvalue weighted by atomic mass is 10.1. The molecular formula is C20H23N3O3S. The molecule has 7 heteroatoms. The van der Waals surface area contributed by atoms with Crippen LogP contribution in [0.3, 0.4) is 0 Å². The van der Waals surface area contributed by atoms with E-state index in [0.29, 0.717) is 23.4 Å². The van der Waals surface area contributed by atoms with E-state index in [1.807, 2.05) is 38.1 Å². The summed E-state index contributed by atoms with van der Waals surface area (Å²) in [6, 6.07) is 14.2. The normalized spacial score (nSPS) is 10.9. The molecule has 27 heavy (non-hydrogen) atoms. The number of sulfonamides is 1. The Bertz CT molecular complexity index is 961. The van der Waals surface area contributed by atoms with Crippen LogP contribution < -0.4 is 9.62 Å². The minimum absolute atomic E-state index is 0.0184. The second-order valence-corrected chi connectivity index (χ2v) is 8.17. The number of nitrogens with zero attached hydrogens (tertiary/aromatic N) is 2. The Hall–Kier alpha value is -2.85. The van der Waals surface area contributed by atoms with Crippen LogP contribution >= 0.6 is 0 Å². The second-order valence-electron chi connectivity index (χ2n) is 6.26. The topological polar surface area (TPSA) is 90.3 Å². The van der Waals surface area contributed by atoms with Crippen molar-refractivity contribution in [2.75, 3.05) is 22.4 Å². The molecule has 0 unspecified atom stereocenters. The molecule has 142 valence electrons. The number of amides is 1. The van der Waals surface area contributed by atoms with Crippen LogP contribution in [-0.2, 0) is 21.2 Å². The van der Waals surface area contributed by atoms with Gasteiger partial charge in [0, 0.05) is 18.7 Å². The summed E-state index contributed by atoms with van der Waals surface area (Å²) in [5.41, 5.74) is 3.49. The molecular weight excluding hydrogens is 362 g/mol. The molecule has 0 bridgehead atoms. The van der Waals surface area contributed by atoms with Crippen LogP contribution in [0.25, 0.3) is 0 Å². The monoisotopic (exact) mass is 385 g/mol. The number of carbonyl (C=O) groups excluding carboxylic acids is 1. The van der Waals surface area contributed by atoms with E-state index in [4.69, 9.17) is 5.26 Å². The standard InChI is InChI=1S/C20H23N3O3S/c1-4-17-7-5-6-15(2)20(17)23(27(3,25)26)13-12-19(24)22-18-10-8-16(14-21)9-11-18/h5-11H,4,12-13H2,1-3H3,(H,22,24). The molecule has 0 aliphatic heterocycles. The number of nitriles is 1. The Labute approximate surface area is 160 Å². The molecule has 2 aromatic rings. The fourth-order valence-corrected chi connectivity index (χ4v) is 3.88. The van der Waals surface area contributed by atoms with E-state index in [1.165, 1.54) is 4.31 Å². The van der Waals surface area contributed by atoms with Crippen molar-refractivity contribution in [2.24, 2.45) is 0 Å². The minimum atomic E-state index is -3.53. The summed E-state index contributed by atoms with van der Waals surface area (Å²) in [6.07, 6.45) is 1.86. The molecule has 0 aromatic heterocycles. The summed E-state index contributed by atoms with van der Waals surface area (Å²) < 4.78 is 26.0. The lowest BCUT2D eigenvalue weighted by Crippen LogP contribution is -2.34. The van der Waals surface area contributed by atoms with Crippen LogP contribution in [0.4, 0.5) is 11.4 Å². The van der Waals surface area contributed by atoms with Gasteiger partial charge in [0.2, 0.25) is 15.9 Å². The molecule has 6 nitrogen and oxygen atoms in total. The molecule has 0 aliphatic carbocycles. The van der Waals surface area contributed by atoms with Crippen molar-refractivity contribution in [1.29, 1.82) is 5.26 Å². The smallest absolute Gasteiger partial charge is 0.232 e. The Morgan fingerprint density at radius 3 is 2.41 bits per heavy atom. The zero-order chi connectivity index (χ0) is 20.0. The van der Waals surface area contributed by atoms with E-state index < -0.39 is 10.0 Å². The van der Waals surface area contributed by atoms with Crippen molar-refractivity contribution >= 4 is 27.3 Å². The summed E-state index contributed by atoms with van der Waals surface area (Å²) in [5.74, 6) is -0.292. The fraction of sp³-hybridized carbons (Fsp3) is 0.300. The molecule has 1 amide bonds. The van der Waals surface area contributed by atoms with Crippen molar-refractivity contribution < 1.29 is 13.2 Å². The average molecular weight is 385 g/mol. The van der Waals surface area contributed by atoms with Crippen molar-refractivity contribution in [2.45, 2.75) is 26.7 Å². The molecule has 1 N–H and O–H groups in total. The van der Waals surface area contributed by atoms with Gasteiger partial charge in [0.15, 0.2) is 0 Å². The van der Waals surface area contributed by atoms with E-state index in [-0.39, 0.29) is 18.9 Å². The largest absolute Gasteiger partial charge is 0.326 e. The van der Waals surface area contributed by atoms with Gasteiger partial charge in [0.05, 0.1) is 23.6 Å². The van der Waals surface area contributed by atoms with Crippen LogP contribution in [0, 0.1) is 18.3 Å². The number of aryl methyl sites for hydroxylation is 2. The van der Waals surface area contributed by atoms with Crippen LogP contribution in [0.2, 0.25) is 0 Å².